The third-order valence-corrected chi connectivity index (χ3v) is 3.01. The summed E-state index contributed by atoms with van der Waals surface area (Å²) in [5.74, 6) is -2.63. The Morgan fingerprint density at radius 1 is 1.21 bits per heavy atom. The summed E-state index contributed by atoms with van der Waals surface area (Å²) in [7, 11) is 0. The third kappa shape index (κ3) is 1.50. The van der Waals surface area contributed by atoms with Crippen molar-refractivity contribution in [3.63, 3.8) is 0 Å². The predicted octanol–water partition coefficient (Wildman–Crippen LogP) is 1.46. The van der Waals surface area contributed by atoms with Gasteiger partial charge in [0, 0.05) is 11.8 Å². The van der Waals surface area contributed by atoms with Gasteiger partial charge in [-0.1, -0.05) is 0 Å². The molecule has 0 unspecified atom stereocenters. The van der Waals surface area contributed by atoms with E-state index in [1.807, 2.05) is 0 Å². The van der Waals surface area contributed by atoms with Crippen LogP contribution in [0.4, 0.5) is 0 Å². The van der Waals surface area contributed by atoms with Gasteiger partial charge in [-0.15, -0.1) is 0 Å². The van der Waals surface area contributed by atoms with Crippen LogP contribution in [0.25, 0.3) is 11.3 Å². The first-order valence-corrected chi connectivity index (χ1v) is 5.51. The minimum atomic E-state index is -1.18. The first kappa shape index (κ1) is 11.3. The highest BCUT2D eigenvalue weighted by molar-refractivity contribution is 6.52. The van der Waals surface area contributed by atoms with Gasteiger partial charge in [-0.2, -0.15) is 0 Å². The van der Waals surface area contributed by atoms with E-state index in [0.717, 1.165) is 5.56 Å². The van der Waals surface area contributed by atoms with E-state index in [2.05, 4.69) is 9.97 Å². The van der Waals surface area contributed by atoms with E-state index in [4.69, 9.17) is 5.11 Å². The first-order valence-electron chi connectivity index (χ1n) is 5.51. The van der Waals surface area contributed by atoms with Gasteiger partial charge < -0.3 is 10.1 Å². The van der Waals surface area contributed by atoms with E-state index in [9.17, 15) is 14.4 Å². The number of carboxylic acids is 1. The molecule has 0 aromatic carbocycles. The van der Waals surface area contributed by atoms with Crippen LogP contribution in [0.2, 0.25) is 0 Å². The van der Waals surface area contributed by atoms with Crippen molar-refractivity contribution in [1.82, 2.24) is 9.97 Å². The lowest BCUT2D eigenvalue weighted by Gasteiger charge is -2.13. The largest absolute Gasteiger partial charge is 0.477 e. The van der Waals surface area contributed by atoms with Crippen LogP contribution >= 0.6 is 0 Å². The molecule has 2 heterocycles. The van der Waals surface area contributed by atoms with Crippen molar-refractivity contribution >= 4 is 17.5 Å². The van der Waals surface area contributed by atoms with Gasteiger partial charge in [0.15, 0.2) is 0 Å². The number of nitrogens with zero attached hydrogens (tertiary/aromatic N) is 1. The molecule has 1 aliphatic rings. The maximum atomic E-state index is 11.9. The van der Waals surface area contributed by atoms with Crippen LogP contribution in [0.3, 0.4) is 0 Å². The molecule has 2 N–H and O–H groups in total. The molecule has 3 rings (SSSR count). The number of carbonyl (C=O) groups excluding carboxylic acids is 2. The van der Waals surface area contributed by atoms with Crippen molar-refractivity contribution in [1.29, 1.82) is 0 Å². The monoisotopic (exact) mass is 256 g/mol. The van der Waals surface area contributed by atoms with Crippen LogP contribution in [0, 0.1) is 6.92 Å². The van der Waals surface area contributed by atoms with Crippen molar-refractivity contribution in [2.75, 3.05) is 0 Å². The SMILES string of the molecule is Cc1cnc2c(c1)-c1[nH]c(C(=O)O)cc1C(=O)C2=O. The molecule has 0 aliphatic heterocycles. The molecule has 6 nitrogen and oxygen atoms in total. The average Bonchev–Trinajstić information content (AvgIpc) is 2.81. The highest BCUT2D eigenvalue weighted by atomic mass is 16.4. The zero-order chi connectivity index (χ0) is 13.7. The van der Waals surface area contributed by atoms with Gasteiger partial charge in [-0.25, -0.2) is 4.79 Å². The lowest BCUT2D eigenvalue weighted by atomic mass is 9.91. The lowest BCUT2D eigenvalue weighted by molar-refractivity contribution is 0.0691. The molecule has 0 fully saturated rings. The van der Waals surface area contributed by atoms with E-state index in [1.54, 1.807) is 13.0 Å². The quantitative estimate of drug-likeness (QED) is 0.752. The molecule has 0 amide bonds. The normalized spacial score (nSPS) is 13.1. The van der Waals surface area contributed by atoms with Gasteiger partial charge in [-0.3, -0.25) is 14.6 Å². The molecule has 1 aliphatic carbocycles. The van der Waals surface area contributed by atoms with Gasteiger partial charge >= 0.3 is 5.97 Å². The van der Waals surface area contributed by atoms with Crippen molar-refractivity contribution in [2.24, 2.45) is 0 Å². The van der Waals surface area contributed by atoms with Crippen LogP contribution in [0.1, 0.15) is 36.9 Å². The summed E-state index contributed by atoms with van der Waals surface area (Å²) in [6.45, 7) is 1.80. The van der Waals surface area contributed by atoms with Gasteiger partial charge in [0.1, 0.15) is 11.4 Å². The Labute approximate surface area is 107 Å². The van der Waals surface area contributed by atoms with E-state index in [0.29, 0.717) is 11.3 Å². The lowest BCUT2D eigenvalue weighted by Crippen LogP contribution is -2.21. The summed E-state index contributed by atoms with van der Waals surface area (Å²) in [5.41, 5.74) is 1.64. The average molecular weight is 256 g/mol. The molecule has 0 spiro atoms. The number of pyridine rings is 1. The van der Waals surface area contributed by atoms with Gasteiger partial charge in [0.25, 0.3) is 5.78 Å². The molecule has 6 heteroatoms. The van der Waals surface area contributed by atoms with Crippen LogP contribution < -0.4 is 0 Å². The highest BCUT2D eigenvalue weighted by Crippen LogP contribution is 2.32. The molecule has 19 heavy (non-hydrogen) atoms. The summed E-state index contributed by atoms with van der Waals surface area (Å²) in [6, 6.07) is 2.89. The number of rotatable bonds is 1. The predicted molar refractivity (Wildman–Crippen MR) is 64.4 cm³/mol. The second-order valence-electron chi connectivity index (χ2n) is 4.34. The molecular weight excluding hydrogens is 248 g/mol. The fourth-order valence-electron chi connectivity index (χ4n) is 2.13. The molecule has 2 aromatic heterocycles. The van der Waals surface area contributed by atoms with Crippen molar-refractivity contribution < 1.29 is 19.5 Å². The number of ketones is 2. The number of aromatic amines is 1. The van der Waals surface area contributed by atoms with Crippen molar-refractivity contribution in [3.05, 3.63) is 40.8 Å². The molecule has 0 saturated heterocycles. The Balaban J connectivity index is 2.35. The zero-order valence-electron chi connectivity index (χ0n) is 9.85. The minimum absolute atomic E-state index is 0.0573. The number of nitrogens with one attached hydrogen (secondary N) is 1. The maximum Gasteiger partial charge on any atom is 0.352 e. The molecule has 94 valence electrons. The van der Waals surface area contributed by atoms with Gasteiger partial charge in [0.05, 0.1) is 11.3 Å². The Kier molecular flexibility index (Phi) is 2.16. The van der Waals surface area contributed by atoms with E-state index in [1.165, 1.54) is 12.3 Å². The number of aromatic nitrogens is 2. The van der Waals surface area contributed by atoms with Crippen LogP contribution in [0.15, 0.2) is 18.3 Å². The Bertz CT molecular complexity index is 758. The summed E-state index contributed by atoms with van der Waals surface area (Å²) in [6.07, 6.45) is 1.50. The topological polar surface area (TPSA) is 100 Å². The minimum Gasteiger partial charge on any atom is -0.477 e. The van der Waals surface area contributed by atoms with Crippen molar-refractivity contribution in [3.8, 4) is 11.3 Å². The number of aromatic carboxylic acids is 1. The highest BCUT2D eigenvalue weighted by Gasteiger charge is 2.34. The summed E-state index contributed by atoms with van der Waals surface area (Å²) < 4.78 is 0. The van der Waals surface area contributed by atoms with Crippen LogP contribution in [-0.4, -0.2) is 32.6 Å². The first-order chi connectivity index (χ1) is 8.99. The molecule has 2 aromatic rings. The Morgan fingerprint density at radius 3 is 2.63 bits per heavy atom. The summed E-state index contributed by atoms with van der Waals surface area (Å²) in [5, 5.41) is 8.95. The standard InChI is InChI=1S/C13H8N2O4/c1-5-2-6-9-7(3-8(15-9)13(18)19)11(16)12(17)10(6)14-4-5/h2-4,15H,1H3,(H,18,19). The summed E-state index contributed by atoms with van der Waals surface area (Å²) >= 11 is 0. The molecular formula is C13H8N2O4. The number of carbonyl (C=O) groups is 3. The van der Waals surface area contributed by atoms with E-state index >= 15 is 0 Å². The smallest absolute Gasteiger partial charge is 0.352 e. The fraction of sp³-hybridized carbons (Fsp3) is 0.0769. The molecule has 0 atom stereocenters. The number of H-pyrrole nitrogens is 1. The maximum absolute atomic E-state index is 11.9. The fourth-order valence-corrected chi connectivity index (χ4v) is 2.13. The second kappa shape index (κ2) is 3.61. The Hall–Kier alpha value is -2.76. The number of hydrogen-bond acceptors (Lipinski definition) is 4. The van der Waals surface area contributed by atoms with Gasteiger partial charge in [-0.05, 0) is 24.6 Å². The van der Waals surface area contributed by atoms with Gasteiger partial charge in [0.2, 0.25) is 5.78 Å². The third-order valence-electron chi connectivity index (χ3n) is 3.01. The second-order valence-corrected chi connectivity index (χ2v) is 4.34. The Morgan fingerprint density at radius 2 is 1.95 bits per heavy atom. The number of fused-ring (bicyclic) bond motifs is 3. The molecule has 0 radical (unpaired) electrons. The van der Waals surface area contributed by atoms with Crippen molar-refractivity contribution in [2.45, 2.75) is 6.92 Å². The van der Waals surface area contributed by atoms with Crippen LogP contribution in [0.5, 0.6) is 0 Å². The summed E-state index contributed by atoms with van der Waals surface area (Å²) in [4.78, 5) is 41.4. The number of Topliss-reactive ketones (excluding diaryl/α,β-unsaturated/α-hetero) is 2. The molecule has 0 bridgehead atoms. The molecule has 0 saturated carbocycles. The number of carboxylic acid groups (broad SMARTS) is 1. The van der Waals surface area contributed by atoms with E-state index < -0.39 is 17.5 Å². The zero-order valence-corrected chi connectivity index (χ0v) is 9.85. The number of aryl methyl sites for hydroxylation is 1. The number of hydrogen-bond donors (Lipinski definition) is 2. The van der Waals surface area contributed by atoms with Crippen LogP contribution in [-0.2, 0) is 0 Å². The van der Waals surface area contributed by atoms with E-state index in [-0.39, 0.29) is 17.0 Å².